The zero-order valence-electron chi connectivity index (χ0n) is 16.2. The number of aromatic nitrogens is 2. The molecule has 3 rings (SSSR count). The summed E-state index contributed by atoms with van der Waals surface area (Å²) in [5.74, 6) is 0.454. The van der Waals surface area contributed by atoms with E-state index in [4.69, 9.17) is 21.1 Å². The van der Waals surface area contributed by atoms with Gasteiger partial charge >= 0.3 is 5.97 Å². The highest BCUT2D eigenvalue weighted by Crippen LogP contribution is 2.26. The van der Waals surface area contributed by atoms with E-state index in [2.05, 4.69) is 9.59 Å². The van der Waals surface area contributed by atoms with Crippen molar-refractivity contribution in [3.63, 3.8) is 0 Å². The van der Waals surface area contributed by atoms with Crippen LogP contribution in [0.3, 0.4) is 0 Å². The number of carbonyl (C=O) groups is 1. The molecule has 0 spiro atoms. The van der Waals surface area contributed by atoms with Crippen molar-refractivity contribution in [1.29, 1.82) is 0 Å². The van der Waals surface area contributed by atoms with Crippen LogP contribution in [0.25, 0.3) is 11.3 Å². The number of ether oxygens (including phenoxy) is 2. The quantitative estimate of drug-likeness (QED) is 0.350. The first-order chi connectivity index (χ1) is 14.0. The van der Waals surface area contributed by atoms with Crippen molar-refractivity contribution in [3.8, 4) is 17.0 Å². The van der Waals surface area contributed by atoms with Gasteiger partial charge in [-0.3, -0.25) is 0 Å². The number of rotatable bonds is 8. The van der Waals surface area contributed by atoms with E-state index >= 15 is 0 Å². The zero-order valence-corrected chi connectivity index (χ0v) is 17.8. The molecule has 0 radical (unpaired) electrons. The Morgan fingerprint density at radius 1 is 1.14 bits per heavy atom. The van der Waals surface area contributed by atoms with Crippen molar-refractivity contribution >= 4 is 29.1 Å². The number of halogens is 1. The van der Waals surface area contributed by atoms with Gasteiger partial charge in [0.1, 0.15) is 18.1 Å². The molecule has 0 aliphatic carbocycles. The van der Waals surface area contributed by atoms with Gasteiger partial charge in [-0.25, -0.2) is 4.79 Å². The standard InChI is InChI=1S/C22H21ClN2O3S/c1-3-27-21(26)13-15(2)12-16-4-10-19(11-5-16)28-14-20-22(24-25-29-20)17-6-8-18(23)9-7-17/h4-11,13H,3,12,14H2,1-2H3/b15-13+. The maximum absolute atomic E-state index is 11.5. The fraction of sp³-hybridized carbons (Fsp3) is 0.227. The normalized spacial score (nSPS) is 11.3. The Morgan fingerprint density at radius 2 is 1.86 bits per heavy atom. The number of hydrogen-bond donors (Lipinski definition) is 0. The van der Waals surface area contributed by atoms with Gasteiger partial charge in [-0.15, -0.1) is 5.10 Å². The highest BCUT2D eigenvalue weighted by molar-refractivity contribution is 7.05. The number of nitrogens with zero attached hydrogens (tertiary/aromatic N) is 2. The predicted molar refractivity (Wildman–Crippen MR) is 115 cm³/mol. The van der Waals surface area contributed by atoms with Gasteiger partial charge in [-0.05, 0) is 61.6 Å². The van der Waals surface area contributed by atoms with E-state index in [1.54, 1.807) is 6.92 Å². The van der Waals surface area contributed by atoms with Gasteiger partial charge in [-0.1, -0.05) is 45.9 Å². The van der Waals surface area contributed by atoms with E-state index in [0.29, 0.717) is 24.7 Å². The van der Waals surface area contributed by atoms with Crippen molar-refractivity contribution < 1.29 is 14.3 Å². The summed E-state index contributed by atoms with van der Waals surface area (Å²) in [6.45, 7) is 4.47. The average Bonchev–Trinajstić information content (AvgIpc) is 3.16. The molecular formula is C22H21ClN2O3S. The zero-order chi connectivity index (χ0) is 20.6. The minimum absolute atomic E-state index is 0.306. The van der Waals surface area contributed by atoms with Crippen LogP contribution in [0.2, 0.25) is 5.02 Å². The minimum atomic E-state index is -0.306. The van der Waals surface area contributed by atoms with Gasteiger partial charge in [-0.2, -0.15) is 0 Å². The third kappa shape index (κ3) is 6.14. The third-order valence-electron chi connectivity index (χ3n) is 4.10. The SMILES string of the molecule is CCOC(=O)/C=C(\C)Cc1ccc(OCc2snnc2-c2ccc(Cl)cc2)cc1. The molecule has 0 saturated heterocycles. The molecule has 0 aliphatic rings. The molecule has 3 aromatic rings. The van der Waals surface area contributed by atoms with Gasteiger partial charge in [0, 0.05) is 16.7 Å². The topological polar surface area (TPSA) is 61.3 Å². The third-order valence-corrected chi connectivity index (χ3v) is 5.05. The molecule has 0 saturated carbocycles. The number of esters is 1. The minimum Gasteiger partial charge on any atom is -0.488 e. The van der Waals surface area contributed by atoms with Gasteiger partial charge in [0.05, 0.1) is 11.5 Å². The summed E-state index contributed by atoms with van der Waals surface area (Å²) in [5.41, 5.74) is 3.81. The van der Waals surface area contributed by atoms with Crippen LogP contribution in [-0.4, -0.2) is 22.2 Å². The second-order valence-corrected chi connectivity index (χ2v) is 7.68. The summed E-state index contributed by atoms with van der Waals surface area (Å²) < 4.78 is 14.9. The lowest BCUT2D eigenvalue weighted by Gasteiger charge is -2.08. The smallest absolute Gasteiger partial charge is 0.330 e. The summed E-state index contributed by atoms with van der Waals surface area (Å²) in [7, 11) is 0. The highest BCUT2D eigenvalue weighted by Gasteiger charge is 2.11. The number of hydrogen-bond acceptors (Lipinski definition) is 6. The van der Waals surface area contributed by atoms with Crippen LogP contribution >= 0.6 is 23.1 Å². The molecule has 0 fully saturated rings. The molecule has 5 nitrogen and oxygen atoms in total. The van der Waals surface area contributed by atoms with E-state index in [1.807, 2.05) is 55.5 Å². The van der Waals surface area contributed by atoms with E-state index < -0.39 is 0 Å². The highest BCUT2D eigenvalue weighted by atomic mass is 35.5. The van der Waals surface area contributed by atoms with Crippen molar-refractivity contribution in [1.82, 2.24) is 9.59 Å². The van der Waals surface area contributed by atoms with E-state index in [-0.39, 0.29) is 5.97 Å². The lowest BCUT2D eigenvalue weighted by atomic mass is 10.1. The Balaban J connectivity index is 1.59. The predicted octanol–water partition coefficient (Wildman–Crippen LogP) is 5.49. The van der Waals surface area contributed by atoms with Crippen molar-refractivity contribution in [2.75, 3.05) is 6.61 Å². The van der Waals surface area contributed by atoms with Crippen molar-refractivity contribution in [3.05, 3.63) is 75.6 Å². The van der Waals surface area contributed by atoms with Crippen LogP contribution in [-0.2, 0) is 22.6 Å². The first-order valence-electron chi connectivity index (χ1n) is 9.18. The van der Waals surface area contributed by atoms with Crippen molar-refractivity contribution in [2.45, 2.75) is 26.9 Å². The molecule has 0 N–H and O–H groups in total. The fourth-order valence-electron chi connectivity index (χ4n) is 2.74. The van der Waals surface area contributed by atoms with Crippen LogP contribution in [0.5, 0.6) is 5.75 Å². The van der Waals surface area contributed by atoms with Gasteiger partial charge < -0.3 is 9.47 Å². The molecule has 29 heavy (non-hydrogen) atoms. The summed E-state index contributed by atoms with van der Waals surface area (Å²) in [4.78, 5) is 12.5. The molecule has 0 bridgehead atoms. The van der Waals surface area contributed by atoms with E-state index in [0.717, 1.165) is 33.0 Å². The Kier molecular flexibility index (Phi) is 7.38. The fourth-order valence-corrected chi connectivity index (χ4v) is 3.45. The Hall–Kier alpha value is -2.70. The number of carbonyl (C=O) groups excluding carboxylic acids is 1. The number of benzene rings is 2. The van der Waals surface area contributed by atoms with Gasteiger partial charge in [0.25, 0.3) is 0 Å². The molecular weight excluding hydrogens is 408 g/mol. The van der Waals surface area contributed by atoms with Gasteiger partial charge in [0.2, 0.25) is 0 Å². The molecule has 7 heteroatoms. The summed E-state index contributed by atoms with van der Waals surface area (Å²) in [5, 5.41) is 4.90. The first-order valence-corrected chi connectivity index (χ1v) is 10.3. The lowest BCUT2D eigenvalue weighted by Crippen LogP contribution is -2.01. The summed E-state index contributed by atoms with van der Waals surface area (Å²) >= 11 is 7.27. The Bertz CT molecular complexity index is 982. The Morgan fingerprint density at radius 3 is 2.55 bits per heavy atom. The second-order valence-electron chi connectivity index (χ2n) is 6.40. The molecule has 0 unspecified atom stereocenters. The van der Waals surface area contributed by atoms with Crippen LogP contribution in [0, 0.1) is 0 Å². The maximum atomic E-state index is 11.5. The number of allylic oxidation sites excluding steroid dienone is 1. The molecule has 150 valence electrons. The van der Waals surface area contributed by atoms with Crippen LogP contribution in [0.4, 0.5) is 0 Å². The van der Waals surface area contributed by atoms with Gasteiger partial charge in [0.15, 0.2) is 0 Å². The molecule has 0 amide bonds. The maximum Gasteiger partial charge on any atom is 0.330 e. The summed E-state index contributed by atoms with van der Waals surface area (Å²) in [6, 6.07) is 15.3. The molecule has 1 aromatic heterocycles. The van der Waals surface area contributed by atoms with E-state index in [1.165, 1.54) is 17.6 Å². The molecule has 0 aliphatic heterocycles. The average molecular weight is 429 g/mol. The molecule has 1 heterocycles. The van der Waals surface area contributed by atoms with E-state index in [9.17, 15) is 4.79 Å². The van der Waals surface area contributed by atoms with Crippen molar-refractivity contribution in [2.24, 2.45) is 0 Å². The first kappa shape index (κ1) is 21.0. The second kappa shape index (κ2) is 10.2. The Labute approximate surface area is 179 Å². The van der Waals surface area contributed by atoms with Crippen LogP contribution in [0.1, 0.15) is 24.3 Å². The molecule has 0 atom stereocenters. The largest absolute Gasteiger partial charge is 0.488 e. The van der Waals surface area contributed by atoms with Crippen LogP contribution in [0.15, 0.2) is 60.2 Å². The monoisotopic (exact) mass is 428 g/mol. The summed E-state index contributed by atoms with van der Waals surface area (Å²) in [6.07, 6.45) is 2.21. The lowest BCUT2D eigenvalue weighted by molar-refractivity contribution is -0.137. The molecule has 2 aromatic carbocycles. The van der Waals surface area contributed by atoms with Crippen LogP contribution < -0.4 is 4.74 Å².